The van der Waals surface area contributed by atoms with Gasteiger partial charge in [0.25, 0.3) is 0 Å². The molecular weight excluding hydrogens is 252 g/mol. The van der Waals surface area contributed by atoms with Gasteiger partial charge in [0.05, 0.1) is 7.11 Å². The van der Waals surface area contributed by atoms with E-state index in [1.807, 2.05) is 30.3 Å². The molecule has 0 atom stereocenters. The van der Waals surface area contributed by atoms with Crippen LogP contribution in [0.5, 0.6) is 11.5 Å². The first-order chi connectivity index (χ1) is 9.63. The smallest absolute Gasteiger partial charge is 0.347 e. The summed E-state index contributed by atoms with van der Waals surface area (Å²) < 4.78 is 10.7. The van der Waals surface area contributed by atoms with Gasteiger partial charge in [0.1, 0.15) is 17.1 Å². The van der Waals surface area contributed by atoms with Gasteiger partial charge in [-0.1, -0.05) is 44.2 Å². The highest BCUT2D eigenvalue weighted by Gasteiger charge is 2.16. The summed E-state index contributed by atoms with van der Waals surface area (Å²) in [6.45, 7) is 4.13. The van der Waals surface area contributed by atoms with Gasteiger partial charge >= 0.3 is 5.97 Å². The molecule has 3 heteroatoms. The molecule has 0 aromatic heterocycles. The molecule has 2 rings (SSSR count). The number of hydrogen-bond donors (Lipinski definition) is 0. The molecular formula is C17H18O3. The maximum atomic E-state index is 12.3. The number of carbonyl (C=O) groups excluding carboxylic acids is 1. The minimum absolute atomic E-state index is 0.289. The van der Waals surface area contributed by atoms with Crippen molar-refractivity contribution in [1.29, 1.82) is 0 Å². The van der Waals surface area contributed by atoms with Crippen LogP contribution in [-0.2, 0) is 0 Å². The second-order valence-electron chi connectivity index (χ2n) is 4.78. The lowest BCUT2D eigenvalue weighted by Crippen LogP contribution is -2.11. The zero-order chi connectivity index (χ0) is 14.5. The second-order valence-corrected chi connectivity index (χ2v) is 4.78. The molecule has 20 heavy (non-hydrogen) atoms. The maximum absolute atomic E-state index is 12.3. The molecule has 0 saturated heterocycles. The van der Waals surface area contributed by atoms with Crippen LogP contribution >= 0.6 is 0 Å². The van der Waals surface area contributed by atoms with E-state index in [9.17, 15) is 4.79 Å². The highest BCUT2D eigenvalue weighted by Crippen LogP contribution is 2.27. The van der Waals surface area contributed by atoms with Gasteiger partial charge < -0.3 is 9.47 Å². The van der Waals surface area contributed by atoms with Crippen molar-refractivity contribution in [2.24, 2.45) is 0 Å². The quantitative estimate of drug-likeness (QED) is 0.621. The van der Waals surface area contributed by atoms with Gasteiger partial charge in [-0.2, -0.15) is 0 Å². The van der Waals surface area contributed by atoms with Gasteiger partial charge in [0.15, 0.2) is 0 Å². The first kappa shape index (κ1) is 14.1. The van der Waals surface area contributed by atoms with Crippen LogP contribution < -0.4 is 9.47 Å². The Bertz CT molecular complexity index is 603. The first-order valence-corrected chi connectivity index (χ1v) is 6.57. The van der Waals surface area contributed by atoms with Gasteiger partial charge in [0, 0.05) is 0 Å². The number of hydrogen-bond acceptors (Lipinski definition) is 3. The van der Waals surface area contributed by atoms with Crippen molar-refractivity contribution in [2.45, 2.75) is 19.8 Å². The number of rotatable bonds is 4. The van der Waals surface area contributed by atoms with E-state index in [0.717, 1.165) is 5.56 Å². The fourth-order valence-corrected chi connectivity index (χ4v) is 2.02. The second kappa shape index (κ2) is 6.24. The van der Waals surface area contributed by atoms with E-state index in [2.05, 4.69) is 13.8 Å². The van der Waals surface area contributed by atoms with Crippen LogP contribution in [0.15, 0.2) is 48.5 Å². The molecule has 0 N–H and O–H groups in total. The van der Waals surface area contributed by atoms with Crippen molar-refractivity contribution in [3.8, 4) is 11.5 Å². The third kappa shape index (κ3) is 2.99. The molecule has 0 bridgehead atoms. The molecule has 3 nitrogen and oxygen atoms in total. The summed E-state index contributed by atoms with van der Waals surface area (Å²) in [5, 5.41) is 0. The van der Waals surface area contributed by atoms with Crippen molar-refractivity contribution >= 4 is 5.97 Å². The summed E-state index contributed by atoms with van der Waals surface area (Å²) in [5.74, 6) is 0.991. The number of benzene rings is 2. The van der Waals surface area contributed by atoms with E-state index in [0.29, 0.717) is 17.1 Å². The van der Waals surface area contributed by atoms with E-state index in [1.165, 1.54) is 7.11 Å². The van der Waals surface area contributed by atoms with Gasteiger partial charge in [-0.25, -0.2) is 4.79 Å². The molecule has 0 spiro atoms. The average Bonchev–Trinajstić information content (AvgIpc) is 2.47. The van der Waals surface area contributed by atoms with Crippen molar-refractivity contribution in [3.05, 3.63) is 59.7 Å². The summed E-state index contributed by atoms with van der Waals surface area (Å²) in [6.07, 6.45) is 0. The van der Waals surface area contributed by atoms with Crippen molar-refractivity contribution in [3.63, 3.8) is 0 Å². The normalized spacial score (nSPS) is 10.4. The van der Waals surface area contributed by atoms with E-state index < -0.39 is 5.97 Å². The Morgan fingerprint density at radius 1 is 0.950 bits per heavy atom. The third-order valence-electron chi connectivity index (χ3n) is 3.07. The SMILES string of the molecule is COc1ccccc1C(=O)Oc1ccccc1C(C)C. The van der Waals surface area contributed by atoms with Gasteiger partial charge in [-0.15, -0.1) is 0 Å². The zero-order valence-corrected chi connectivity index (χ0v) is 11.9. The van der Waals surface area contributed by atoms with Crippen molar-refractivity contribution < 1.29 is 14.3 Å². The number of para-hydroxylation sites is 2. The molecule has 2 aromatic carbocycles. The van der Waals surface area contributed by atoms with E-state index in [1.54, 1.807) is 18.2 Å². The minimum Gasteiger partial charge on any atom is -0.496 e. The van der Waals surface area contributed by atoms with Crippen LogP contribution in [0.4, 0.5) is 0 Å². The lowest BCUT2D eigenvalue weighted by atomic mass is 10.0. The van der Waals surface area contributed by atoms with Crippen LogP contribution in [0.2, 0.25) is 0 Å². The predicted molar refractivity (Wildman–Crippen MR) is 78.5 cm³/mol. The molecule has 0 aliphatic carbocycles. The lowest BCUT2D eigenvalue weighted by Gasteiger charge is -2.13. The van der Waals surface area contributed by atoms with Crippen molar-refractivity contribution in [1.82, 2.24) is 0 Å². The fraction of sp³-hybridized carbons (Fsp3) is 0.235. The average molecular weight is 270 g/mol. The molecule has 0 aliphatic rings. The Hall–Kier alpha value is -2.29. The van der Waals surface area contributed by atoms with Crippen LogP contribution in [-0.4, -0.2) is 13.1 Å². The zero-order valence-electron chi connectivity index (χ0n) is 11.9. The Morgan fingerprint density at radius 2 is 1.55 bits per heavy atom. The first-order valence-electron chi connectivity index (χ1n) is 6.57. The Morgan fingerprint density at radius 3 is 2.20 bits per heavy atom. The maximum Gasteiger partial charge on any atom is 0.347 e. The summed E-state index contributed by atoms with van der Waals surface area (Å²) in [6, 6.07) is 14.6. The molecule has 0 heterocycles. The highest BCUT2D eigenvalue weighted by molar-refractivity contribution is 5.94. The molecule has 0 unspecified atom stereocenters. The number of ether oxygens (including phenoxy) is 2. The molecule has 0 saturated carbocycles. The van der Waals surface area contributed by atoms with E-state index in [4.69, 9.17) is 9.47 Å². The van der Waals surface area contributed by atoms with Crippen LogP contribution in [0.1, 0.15) is 35.7 Å². The Kier molecular flexibility index (Phi) is 4.41. The predicted octanol–water partition coefficient (Wildman–Crippen LogP) is 4.04. The molecule has 104 valence electrons. The van der Waals surface area contributed by atoms with Gasteiger partial charge in [-0.05, 0) is 29.7 Å². The molecule has 0 amide bonds. The van der Waals surface area contributed by atoms with Crippen LogP contribution in [0, 0.1) is 0 Å². The topological polar surface area (TPSA) is 35.5 Å². The molecule has 0 fully saturated rings. The number of esters is 1. The molecule has 2 aromatic rings. The van der Waals surface area contributed by atoms with Gasteiger partial charge in [-0.3, -0.25) is 0 Å². The lowest BCUT2D eigenvalue weighted by molar-refractivity contribution is 0.0729. The third-order valence-corrected chi connectivity index (χ3v) is 3.07. The highest BCUT2D eigenvalue weighted by atomic mass is 16.5. The summed E-state index contributed by atoms with van der Waals surface area (Å²) in [4.78, 5) is 12.3. The minimum atomic E-state index is -0.407. The molecule has 0 radical (unpaired) electrons. The molecule has 0 aliphatic heterocycles. The largest absolute Gasteiger partial charge is 0.496 e. The van der Waals surface area contributed by atoms with Crippen LogP contribution in [0.25, 0.3) is 0 Å². The summed E-state index contributed by atoms with van der Waals surface area (Å²) in [5.41, 5.74) is 1.43. The number of carbonyl (C=O) groups is 1. The van der Waals surface area contributed by atoms with Crippen LogP contribution in [0.3, 0.4) is 0 Å². The summed E-state index contributed by atoms with van der Waals surface area (Å²) >= 11 is 0. The monoisotopic (exact) mass is 270 g/mol. The number of methoxy groups -OCH3 is 1. The Balaban J connectivity index is 2.28. The van der Waals surface area contributed by atoms with E-state index >= 15 is 0 Å². The Labute approximate surface area is 119 Å². The van der Waals surface area contributed by atoms with Crippen molar-refractivity contribution in [2.75, 3.05) is 7.11 Å². The fourth-order valence-electron chi connectivity index (χ4n) is 2.02. The standard InChI is InChI=1S/C17H18O3/c1-12(2)13-8-4-7-11-16(13)20-17(18)14-9-5-6-10-15(14)19-3/h4-12H,1-3H3. The summed E-state index contributed by atoms with van der Waals surface area (Å²) in [7, 11) is 1.54. The van der Waals surface area contributed by atoms with E-state index in [-0.39, 0.29) is 5.92 Å². The van der Waals surface area contributed by atoms with Gasteiger partial charge in [0.2, 0.25) is 0 Å².